The van der Waals surface area contributed by atoms with E-state index in [9.17, 15) is 13.6 Å². The Kier molecular flexibility index (Phi) is 6.59. The van der Waals surface area contributed by atoms with Crippen LogP contribution in [0.1, 0.15) is 35.3 Å². The van der Waals surface area contributed by atoms with Crippen molar-refractivity contribution in [2.45, 2.75) is 27.7 Å². The van der Waals surface area contributed by atoms with Gasteiger partial charge in [0.1, 0.15) is 17.2 Å². The van der Waals surface area contributed by atoms with Crippen molar-refractivity contribution >= 4 is 32.6 Å². The van der Waals surface area contributed by atoms with Crippen molar-refractivity contribution in [1.82, 2.24) is 9.88 Å². The minimum atomic E-state index is -0.865. The Balaban J connectivity index is 2.04. The molecule has 0 aliphatic heterocycles. The highest BCUT2D eigenvalue weighted by Crippen LogP contribution is 2.32. The lowest BCUT2D eigenvalue weighted by atomic mass is 10.1. The number of halogens is 2. The lowest BCUT2D eigenvalue weighted by Gasteiger charge is -2.25. The van der Waals surface area contributed by atoms with Crippen LogP contribution in [0.2, 0.25) is 0 Å². The average molecular weight is 418 g/mol. The number of anilines is 1. The first-order chi connectivity index (χ1) is 13.8. The molecule has 3 rings (SSSR count). The van der Waals surface area contributed by atoms with Gasteiger partial charge in [-0.05, 0) is 62.3 Å². The Bertz CT molecular complexity index is 971. The van der Waals surface area contributed by atoms with E-state index in [0.29, 0.717) is 18.2 Å². The van der Waals surface area contributed by atoms with Gasteiger partial charge in [-0.2, -0.15) is 0 Å². The van der Waals surface area contributed by atoms with Gasteiger partial charge in [-0.25, -0.2) is 13.8 Å². The van der Waals surface area contributed by atoms with E-state index in [1.807, 2.05) is 39.8 Å². The molecule has 1 amide bonds. The molecule has 0 aliphatic rings. The fraction of sp³-hybridized carbons (Fsp3) is 0.364. The van der Waals surface area contributed by atoms with Crippen LogP contribution in [-0.2, 0) is 0 Å². The number of rotatable bonds is 7. The molecule has 0 atom stereocenters. The zero-order chi connectivity index (χ0) is 21.1. The molecule has 0 spiro atoms. The van der Waals surface area contributed by atoms with Gasteiger partial charge in [-0.3, -0.25) is 9.69 Å². The number of aryl methyl sites for hydroxylation is 2. The number of amides is 1. The van der Waals surface area contributed by atoms with E-state index in [1.54, 1.807) is 0 Å². The summed E-state index contributed by atoms with van der Waals surface area (Å²) in [7, 11) is 0. The summed E-state index contributed by atoms with van der Waals surface area (Å²) >= 11 is 1.36. The van der Waals surface area contributed by atoms with Crippen LogP contribution in [0, 0.1) is 25.5 Å². The molecule has 0 N–H and O–H groups in total. The maximum absolute atomic E-state index is 14.3. The van der Waals surface area contributed by atoms with E-state index >= 15 is 0 Å². The minimum absolute atomic E-state index is 0.298. The first-order valence-electron chi connectivity index (χ1n) is 9.71. The number of nitrogens with zero attached hydrogens (tertiary/aromatic N) is 3. The van der Waals surface area contributed by atoms with Crippen molar-refractivity contribution in [3.8, 4) is 0 Å². The highest BCUT2D eigenvalue weighted by Gasteiger charge is 2.27. The van der Waals surface area contributed by atoms with Gasteiger partial charge in [-0.1, -0.05) is 31.3 Å². The number of hydrogen-bond donors (Lipinski definition) is 0. The van der Waals surface area contributed by atoms with Gasteiger partial charge in [-0.15, -0.1) is 0 Å². The number of benzene rings is 2. The van der Waals surface area contributed by atoms with Crippen molar-refractivity contribution in [2.24, 2.45) is 0 Å². The van der Waals surface area contributed by atoms with Crippen molar-refractivity contribution in [3.63, 3.8) is 0 Å². The molecule has 29 heavy (non-hydrogen) atoms. The Morgan fingerprint density at radius 3 is 2.28 bits per heavy atom. The molecule has 4 nitrogen and oxygen atoms in total. The molecule has 0 radical (unpaired) electrons. The summed E-state index contributed by atoms with van der Waals surface area (Å²) in [4.78, 5) is 21.3. The van der Waals surface area contributed by atoms with Gasteiger partial charge in [0.15, 0.2) is 5.13 Å². The van der Waals surface area contributed by atoms with Crippen molar-refractivity contribution in [1.29, 1.82) is 0 Å². The molecule has 1 heterocycles. The lowest BCUT2D eigenvalue weighted by molar-refractivity contribution is 0.0975. The van der Waals surface area contributed by atoms with E-state index in [2.05, 4.69) is 9.88 Å². The van der Waals surface area contributed by atoms with E-state index in [4.69, 9.17) is 0 Å². The third-order valence-corrected chi connectivity index (χ3v) is 6.22. The van der Waals surface area contributed by atoms with E-state index in [-0.39, 0.29) is 0 Å². The second-order valence-corrected chi connectivity index (χ2v) is 7.99. The van der Waals surface area contributed by atoms with Gasteiger partial charge in [0.2, 0.25) is 0 Å². The van der Waals surface area contributed by atoms with Gasteiger partial charge in [0, 0.05) is 13.1 Å². The molecule has 7 heteroatoms. The lowest BCUT2D eigenvalue weighted by Crippen LogP contribution is -2.39. The minimum Gasteiger partial charge on any atom is -0.302 e. The van der Waals surface area contributed by atoms with Crippen LogP contribution in [0.3, 0.4) is 0 Å². The second-order valence-electron chi connectivity index (χ2n) is 6.98. The number of thiazole rings is 1. The Morgan fingerprint density at radius 2 is 1.66 bits per heavy atom. The summed E-state index contributed by atoms with van der Waals surface area (Å²) < 4.78 is 29.5. The number of aromatic nitrogens is 1. The van der Waals surface area contributed by atoms with Gasteiger partial charge in [0.25, 0.3) is 5.91 Å². The number of hydrogen-bond acceptors (Lipinski definition) is 4. The Labute approximate surface area is 173 Å². The summed E-state index contributed by atoms with van der Waals surface area (Å²) in [5.74, 6) is -2.44. The molecule has 0 aliphatic carbocycles. The average Bonchev–Trinajstić information content (AvgIpc) is 3.07. The SMILES string of the molecule is CCN(CC)CCN(C(=O)c1c(F)cccc1F)c1nc2cc(C)c(C)cc2s1. The number of fused-ring (bicyclic) bond motifs is 1. The third-order valence-electron chi connectivity index (χ3n) is 5.18. The summed E-state index contributed by atoms with van der Waals surface area (Å²) in [5.41, 5.74) is 2.48. The first-order valence-corrected chi connectivity index (χ1v) is 10.5. The zero-order valence-corrected chi connectivity index (χ0v) is 17.9. The predicted molar refractivity (Wildman–Crippen MR) is 115 cm³/mol. The standard InChI is InChI=1S/C22H25F2N3OS/c1-5-26(6-2)10-11-27(21(28)20-16(23)8-7-9-17(20)24)22-25-18-12-14(3)15(4)13-19(18)29-22/h7-9,12-13H,5-6,10-11H2,1-4H3. The largest absolute Gasteiger partial charge is 0.302 e. The molecule has 1 aromatic heterocycles. The highest BCUT2D eigenvalue weighted by molar-refractivity contribution is 7.22. The van der Waals surface area contributed by atoms with Crippen molar-refractivity contribution in [2.75, 3.05) is 31.1 Å². The van der Waals surface area contributed by atoms with Crippen LogP contribution in [0.4, 0.5) is 13.9 Å². The topological polar surface area (TPSA) is 36.4 Å². The maximum Gasteiger partial charge on any atom is 0.266 e. The summed E-state index contributed by atoms with van der Waals surface area (Å²) in [6.45, 7) is 10.6. The van der Waals surface area contributed by atoms with Crippen LogP contribution in [0.25, 0.3) is 10.2 Å². The monoisotopic (exact) mass is 417 g/mol. The third kappa shape index (κ3) is 4.46. The van der Waals surface area contributed by atoms with Crippen LogP contribution >= 0.6 is 11.3 Å². The second kappa shape index (κ2) is 8.97. The fourth-order valence-corrected chi connectivity index (χ4v) is 4.26. The summed E-state index contributed by atoms with van der Waals surface area (Å²) in [6, 6.07) is 7.46. The molecule has 3 aromatic rings. The van der Waals surface area contributed by atoms with Crippen LogP contribution in [-0.4, -0.2) is 42.0 Å². The molecule has 0 saturated carbocycles. The number of carbonyl (C=O) groups is 1. The summed E-state index contributed by atoms with van der Waals surface area (Å²) in [6.07, 6.45) is 0. The van der Waals surface area contributed by atoms with Crippen LogP contribution < -0.4 is 4.90 Å². The molecule has 2 aromatic carbocycles. The van der Waals surface area contributed by atoms with E-state index in [0.717, 1.165) is 46.6 Å². The fourth-order valence-electron chi connectivity index (χ4n) is 3.19. The Hall–Kier alpha value is -2.38. The van der Waals surface area contributed by atoms with Gasteiger partial charge in [0.05, 0.1) is 10.2 Å². The van der Waals surface area contributed by atoms with Gasteiger partial charge < -0.3 is 4.90 Å². The Morgan fingerprint density at radius 1 is 1.03 bits per heavy atom. The highest BCUT2D eigenvalue weighted by atomic mass is 32.1. The molecular weight excluding hydrogens is 392 g/mol. The molecule has 0 saturated heterocycles. The predicted octanol–water partition coefficient (Wildman–Crippen LogP) is 5.18. The van der Waals surface area contributed by atoms with Gasteiger partial charge >= 0.3 is 0 Å². The number of carbonyl (C=O) groups excluding carboxylic acids is 1. The van der Waals surface area contributed by atoms with Crippen molar-refractivity contribution < 1.29 is 13.6 Å². The first kappa shape index (κ1) is 21.3. The summed E-state index contributed by atoms with van der Waals surface area (Å²) in [5, 5.41) is 0.449. The molecule has 0 unspecified atom stereocenters. The molecule has 0 bridgehead atoms. The normalized spacial score (nSPS) is 11.4. The quantitative estimate of drug-likeness (QED) is 0.531. The van der Waals surface area contributed by atoms with Crippen LogP contribution in [0.15, 0.2) is 30.3 Å². The maximum atomic E-state index is 14.3. The smallest absolute Gasteiger partial charge is 0.266 e. The van der Waals surface area contributed by atoms with Crippen LogP contribution in [0.5, 0.6) is 0 Å². The molecule has 0 fully saturated rings. The van der Waals surface area contributed by atoms with E-state index < -0.39 is 23.1 Å². The van der Waals surface area contributed by atoms with E-state index in [1.165, 1.54) is 22.3 Å². The number of likely N-dealkylation sites (N-methyl/N-ethyl adjacent to an activating group) is 1. The molecule has 154 valence electrons. The molecular formula is C22H25F2N3OS. The zero-order valence-electron chi connectivity index (χ0n) is 17.1. The van der Waals surface area contributed by atoms with Crippen molar-refractivity contribution in [3.05, 3.63) is 58.7 Å².